The topological polar surface area (TPSA) is 103 Å². The number of nitrogens with zero attached hydrogens (tertiary/aromatic N) is 5. The fraction of sp³-hybridized carbons (Fsp3) is 0.222. The fourth-order valence-corrected chi connectivity index (χ4v) is 1.14. The number of carboxylic acids is 1. The SMILES string of the molecule is Cn1nnc(COc2cncc(C(=O)O)c2)n1. The molecule has 0 spiro atoms. The summed E-state index contributed by atoms with van der Waals surface area (Å²) in [6.07, 6.45) is 2.67. The first kappa shape index (κ1) is 11.0. The van der Waals surface area contributed by atoms with E-state index in [1.807, 2.05) is 0 Å². The number of pyridine rings is 1. The number of rotatable bonds is 4. The number of tetrazole rings is 1. The second-order valence-corrected chi connectivity index (χ2v) is 3.20. The molecule has 0 atom stereocenters. The van der Waals surface area contributed by atoms with Crippen LogP contribution in [0.5, 0.6) is 5.75 Å². The maximum absolute atomic E-state index is 10.7. The molecule has 0 fully saturated rings. The summed E-state index contributed by atoms with van der Waals surface area (Å²) in [6.45, 7) is 0.110. The van der Waals surface area contributed by atoms with E-state index in [0.29, 0.717) is 11.6 Å². The van der Waals surface area contributed by atoms with E-state index in [4.69, 9.17) is 9.84 Å². The molecule has 8 nitrogen and oxygen atoms in total. The summed E-state index contributed by atoms with van der Waals surface area (Å²) in [6, 6.07) is 1.38. The van der Waals surface area contributed by atoms with Gasteiger partial charge in [0.15, 0.2) is 6.61 Å². The van der Waals surface area contributed by atoms with E-state index < -0.39 is 5.97 Å². The third-order valence-electron chi connectivity index (χ3n) is 1.88. The van der Waals surface area contributed by atoms with Crippen molar-refractivity contribution in [3.05, 3.63) is 29.8 Å². The van der Waals surface area contributed by atoms with Crippen LogP contribution in [0.1, 0.15) is 16.2 Å². The summed E-state index contributed by atoms with van der Waals surface area (Å²) in [4.78, 5) is 15.8. The van der Waals surface area contributed by atoms with Crippen LogP contribution in [0.25, 0.3) is 0 Å². The monoisotopic (exact) mass is 235 g/mol. The number of aromatic carboxylic acids is 1. The maximum atomic E-state index is 10.7. The predicted molar refractivity (Wildman–Crippen MR) is 54.3 cm³/mol. The van der Waals surface area contributed by atoms with Crippen molar-refractivity contribution in [2.45, 2.75) is 6.61 Å². The van der Waals surface area contributed by atoms with Gasteiger partial charge in [0, 0.05) is 6.20 Å². The van der Waals surface area contributed by atoms with Crippen molar-refractivity contribution >= 4 is 5.97 Å². The molecule has 0 amide bonds. The summed E-state index contributed by atoms with van der Waals surface area (Å²) in [5.41, 5.74) is 0.0644. The highest BCUT2D eigenvalue weighted by atomic mass is 16.5. The molecule has 17 heavy (non-hydrogen) atoms. The van der Waals surface area contributed by atoms with Crippen molar-refractivity contribution in [3.8, 4) is 5.75 Å². The minimum absolute atomic E-state index is 0.0644. The Bertz CT molecular complexity index is 539. The number of carboxylic acid groups (broad SMARTS) is 1. The molecule has 2 aromatic rings. The van der Waals surface area contributed by atoms with E-state index in [9.17, 15) is 4.79 Å². The van der Waals surface area contributed by atoms with E-state index in [2.05, 4.69) is 20.4 Å². The van der Waals surface area contributed by atoms with Gasteiger partial charge in [-0.2, -0.15) is 4.80 Å². The lowest BCUT2D eigenvalue weighted by Crippen LogP contribution is -2.02. The molecule has 0 bridgehead atoms. The van der Waals surface area contributed by atoms with E-state index in [1.54, 1.807) is 7.05 Å². The van der Waals surface area contributed by atoms with E-state index in [-0.39, 0.29) is 12.2 Å². The average Bonchev–Trinajstić information content (AvgIpc) is 2.73. The van der Waals surface area contributed by atoms with Gasteiger partial charge in [-0.3, -0.25) is 4.98 Å². The molecule has 0 aliphatic rings. The Balaban J connectivity index is 2.04. The number of aryl methyl sites for hydroxylation is 1. The molecule has 0 radical (unpaired) electrons. The van der Waals surface area contributed by atoms with Crippen LogP contribution in [0.4, 0.5) is 0 Å². The first-order valence-electron chi connectivity index (χ1n) is 4.69. The third-order valence-corrected chi connectivity index (χ3v) is 1.88. The molecular weight excluding hydrogens is 226 g/mol. The van der Waals surface area contributed by atoms with Crippen molar-refractivity contribution < 1.29 is 14.6 Å². The van der Waals surface area contributed by atoms with Crippen molar-refractivity contribution in [2.24, 2.45) is 7.05 Å². The van der Waals surface area contributed by atoms with Crippen molar-refractivity contribution in [1.82, 2.24) is 25.2 Å². The predicted octanol–water partition coefficient (Wildman–Crippen LogP) is -0.118. The lowest BCUT2D eigenvalue weighted by atomic mass is 10.3. The van der Waals surface area contributed by atoms with Gasteiger partial charge in [-0.05, 0) is 11.3 Å². The van der Waals surface area contributed by atoms with E-state index in [0.717, 1.165) is 0 Å². The molecule has 0 aromatic carbocycles. The quantitative estimate of drug-likeness (QED) is 0.787. The third kappa shape index (κ3) is 2.74. The summed E-state index contributed by atoms with van der Waals surface area (Å²) in [5.74, 6) is -0.300. The summed E-state index contributed by atoms with van der Waals surface area (Å²) in [7, 11) is 1.64. The van der Waals surface area contributed by atoms with Crippen molar-refractivity contribution in [1.29, 1.82) is 0 Å². The molecule has 0 aliphatic heterocycles. The molecule has 0 saturated heterocycles. The fourth-order valence-electron chi connectivity index (χ4n) is 1.14. The number of hydrogen-bond acceptors (Lipinski definition) is 6. The van der Waals surface area contributed by atoms with Crippen LogP contribution in [-0.2, 0) is 13.7 Å². The minimum Gasteiger partial charge on any atom is -0.484 e. The maximum Gasteiger partial charge on any atom is 0.337 e. The minimum atomic E-state index is -1.06. The Morgan fingerprint density at radius 2 is 2.35 bits per heavy atom. The molecule has 8 heteroatoms. The van der Waals surface area contributed by atoms with Gasteiger partial charge in [-0.1, -0.05) is 0 Å². The first-order valence-corrected chi connectivity index (χ1v) is 4.69. The van der Waals surface area contributed by atoms with Crippen LogP contribution in [-0.4, -0.2) is 36.3 Å². The zero-order valence-corrected chi connectivity index (χ0v) is 8.94. The highest BCUT2D eigenvalue weighted by molar-refractivity contribution is 5.87. The second kappa shape index (κ2) is 4.56. The molecule has 0 aliphatic carbocycles. The summed E-state index contributed by atoms with van der Waals surface area (Å²) >= 11 is 0. The van der Waals surface area contributed by atoms with Gasteiger partial charge in [-0.15, -0.1) is 10.2 Å². The van der Waals surface area contributed by atoms with Crippen molar-refractivity contribution in [3.63, 3.8) is 0 Å². The van der Waals surface area contributed by atoms with Gasteiger partial charge in [0.2, 0.25) is 5.82 Å². The zero-order chi connectivity index (χ0) is 12.3. The Labute approximate surface area is 95.9 Å². The van der Waals surface area contributed by atoms with Gasteiger partial charge in [-0.25, -0.2) is 4.79 Å². The highest BCUT2D eigenvalue weighted by Gasteiger charge is 2.06. The van der Waals surface area contributed by atoms with Gasteiger partial charge < -0.3 is 9.84 Å². The average molecular weight is 235 g/mol. The molecule has 1 N–H and O–H groups in total. The summed E-state index contributed by atoms with van der Waals surface area (Å²) < 4.78 is 5.29. The number of aromatic nitrogens is 5. The van der Waals surface area contributed by atoms with Crippen molar-refractivity contribution in [2.75, 3.05) is 0 Å². The smallest absolute Gasteiger partial charge is 0.337 e. The Hall–Kier alpha value is -2.51. The van der Waals surface area contributed by atoms with Gasteiger partial charge in [0.1, 0.15) is 5.75 Å². The molecule has 0 unspecified atom stereocenters. The molecular formula is C9H9N5O3. The van der Waals surface area contributed by atoms with Gasteiger partial charge in [0.25, 0.3) is 0 Å². The molecule has 2 rings (SSSR count). The Morgan fingerprint density at radius 3 is 3.00 bits per heavy atom. The van der Waals surface area contributed by atoms with Crippen LogP contribution >= 0.6 is 0 Å². The zero-order valence-electron chi connectivity index (χ0n) is 8.94. The van der Waals surface area contributed by atoms with E-state index >= 15 is 0 Å². The number of carbonyl (C=O) groups is 1. The standard InChI is InChI=1S/C9H9N5O3/c1-14-12-8(11-13-14)5-17-7-2-6(9(15)16)3-10-4-7/h2-4H,5H2,1H3,(H,15,16). The Kier molecular flexibility index (Phi) is 2.95. The highest BCUT2D eigenvalue weighted by Crippen LogP contribution is 2.12. The molecule has 88 valence electrons. The first-order chi connectivity index (χ1) is 8.15. The van der Waals surface area contributed by atoms with Crippen LogP contribution in [0.3, 0.4) is 0 Å². The van der Waals surface area contributed by atoms with Gasteiger partial charge >= 0.3 is 5.97 Å². The second-order valence-electron chi connectivity index (χ2n) is 3.20. The molecule has 2 aromatic heterocycles. The lowest BCUT2D eigenvalue weighted by Gasteiger charge is -2.02. The largest absolute Gasteiger partial charge is 0.484 e. The van der Waals surface area contributed by atoms with Crippen LogP contribution in [0, 0.1) is 0 Å². The van der Waals surface area contributed by atoms with Crippen LogP contribution in [0.2, 0.25) is 0 Å². The van der Waals surface area contributed by atoms with Crippen LogP contribution < -0.4 is 4.74 Å². The van der Waals surface area contributed by atoms with Gasteiger partial charge in [0.05, 0.1) is 18.8 Å². The van der Waals surface area contributed by atoms with E-state index in [1.165, 1.54) is 23.3 Å². The van der Waals surface area contributed by atoms with Crippen LogP contribution in [0.15, 0.2) is 18.5 Å². The molecule has 0 saturated carbocycles. The number of ether oxygens (including phenoxy) is 1. The Morgan fingerprint density at radius 1 is 1.53 bits per heavy atom. The number of hydrogen-bond donors (Lipinski definition) is 1. The lowest BCUT2D eigenvalue weighted by molar-refractivity contribution is 0.0696. The molecule has 2 heterocycles. The summed E-state index contributed by atoms with van der Waals surface area (Å²) in [5, 5.41) is 20.0. The normalized spacial score (nSPS) is 10.2.